The maximum atomic E-state index is 6.42. The summed E-state index contributed by atoms with van der Waals surface area (Å²) in [6.07, 6.45) is 7.52. The van der Waals surface area contributed by atoms with E-state index in [4.69, 9.17) is 5.73 Å². The summed E-state index contributed by atoms with van der Waals surface area (Å²) in [7, 11) is 0. The molecule has 1 aliphatic carbocycles. The third-order valence-corrected chi connectivity index (χ3v) is 4.11. The summed E-state index contributed by atoms with van der Waals surface area (Å²) < 4.78 is 0. The second-order valence-electron chi connectivity index (χ2n) is 6.03. The average Bonchev–Trinajstić information content (AvgIpc) is 3.22. The zero-order valence-corrected chi connectivity index (χ0v) is 12.4. The van der Waals surface area contributed by atoms with Gasteiger partial charge in [0.15, 0.2) is 0 Å². The van der Waals surface area contributed by atoms with Crippen LogP contribution >= 0.6 is 0 Å². The van der Waals surface area contributed by atoms with Gasteiger partial charge in [-0.3, -0.25) is 9.88 Å². The van der Waals surface area contributed by atoms with Crippen LogP contribution in [-0.4, -0.2) is 28.5 Å². The lowest BCUT2D eigenvalue weighted by molar-refractivity contribution is 0.123. The van der Waals surface area contributed by atoms with Gasteiger partial charge in [-0.2, -0.15) is 0 Å². The van der Waals surface area contributed by atoms with Crippen molar-refractivity contribution in [1.82, 2.24) is 9.88 Å². The molecule has 19 heavy (non-hydrogen) atoms. The quantitative estimate of drug-likeness (QED) is 0.820. The molecule has 1 aromatic rings. The van der Waals surface area contributed by atoms with E-state index in [9.17, 15) is 0 Å². The third kappa shape index (κ3) is 3.77. The summed E-state index contributed by atoms with van der Waals surface area (Å²) in [5, 5.41) is 0. The van der Waals surface area contributed by atoms with Crippen molar-refractivity contribution < 1.29 is 0 Å². The van der Waals surface area contributed by atoms with Crippen LogP contribution in [0.1, 0.15) is 51.6 Å². The average molecular weight is 261 g/mol. The Morgan fingerprint density at radius 2 is 1.95 bits per heavy atom. The minimum Gasteiger partial charge on any atom is -0.326 e. The molecule has 3 nitrogen and oxygen atoms in total. The number of aromatic nitrogens is 1. The standard InChI is InChI=1S/C16H27N3/c1-4-15(17)16(14-7-9-18-10-8-14)19(12(2)3)11-13-5-6-13/h7-10,12-13,15-16H,4-6,11,17H2,1-3H3. The van der Waals surface area contributed by atoms with Gasteiger partial charge >= 0.3 is 0 Å². The predicted molar refractivity (Wildman–Crippen MR) is 79.8 cm³/mol. The van der Waals surface area contributed by atoms with Crippen LogP contribution in [0.3, 0.4) is 0 Å². The van der Waals surface area contributed by atoms with Crippen LogP contribution in [0.5, 0.6) is 0 Å². The lowest BCUT2D eigenvalue weighted by atomic mass is 9.95. The van der Waals surface area contributed by atoms with E-state index in [1.807, 2.05) is 12.4 Å². The molecule has 0 spiro atoms. The van der Waals surface area contributed by atoms with Crippen LogP contribution < -0.4 is 5.73 Å². The van der Waals surface area contributed by atoms with Gasteiger partial charge in [-0.05, 0) is 56.7 Å². The Bertz CT molecular complexity index is 373. The van der Waals surface area contributed by atoms with Crippen molar-refractivity contribution in [2.75, 3.05) is 6.54 Å². The molecule has 0 bridgehead atoms. The summed E-state index contributed by atoms with van der Waals surface area (Å²) in [4.78, 5) is 6.72. The first-order valence-corrected chi connectivity index (χ1v) is 7.54. The van der Waals surface area contributed by atoms with E-state index < -0.39 is 0 Å². The minimum absolute atomic E-state index is 0.184. The molecular weight excluding hydrogens is 234 g/mol. The van der Waals surface area contributed by atoms with E-state index in [1.165, 1.54) is 24.9 Å². The number of pyridine rings is 1. The Hall–Kier alpha value is -0.930. The van der Waals surface area contributed by atoms with Gasteiger partial charge in [-0.15, -0.1) is 0 Å². The van der Waals surface area contributed by atoms with E-state index in [-0.39, 0.29) is 6.04 Å². The van der Waals surface area contributed by atoms with E-state index >= 15 is 0 Å². The lowest BCUT2D eigenvalue weighted by Gasteiger charge is -2.38. The number of hydrogen-bond donors (Lipinski definition) is 1. The van der Waals surface area contributed by atoms with E-state index in [1.54, 1.807) is 0 Å². The Balaban J connectivity index is 2.23. The molecule has 1 heterocycles. The van der Waals surface area contributed by atoms with Crippen molar-refractivity contribution in [1.29, 1.82) is 0 Å². The Morgan fingerprint density at radius 3 is 2.42 bits per heavy atom. The molecule has 2 N–H and O–H groups in total. The highest BCUT2D eigenvalue weighted by molar-refractivity contribution is 5.18. The van der Waals surface area contributed by atoms with E-state index in [0.29, 0.717) is 12.1 Å². The summed E-state index contributed by atoms with van der Waals surface area (Å²) >= 11 is 0. The van der Waals surface area contributed by atoms with Crippen molar-refractivity contribution >= 4 is 0 Å². The monoisotopic (exact) mass is 261 g/mol. The molecule has 1 fully saturated rings. The highest BCUT2D eigenvalue weighted by Gasteiger charge is 2.32. The number of nitrogens with zero attached hydrogens (tertiary/aromatic N) is 2. The van der Waals surface area contributed by atoms with Gasteiger partial charge in [0.1, 0.15) is 0 Å². The van der Waals surface area contributed by atoms with Crippen LogP contribution in [0.2, 0.25) is 0 Å². The molecular formula is C16H27N3. The van der Waals surface area contributed by atoms with Gasteiger partial charge in [0.2, 0.25) is 0 Å². The number of rotatable bonds is 7. The van der Waals surface area contributed by atoms with Crippen molar-refractivity contribution in [3.05, 3.63) is 30.1 Å². The maximum absolute atomic E-state index is 6.42. The molecule has 2 unspecified atom stereocenters. The number of nitrogens with two attached hydrogens (primary N) is 1. The van der Waals surface area contributed by atoms with E-state index in [0.717, 1.165) is 12.3 Å². The third-order valence-electron chi connectivity index (χ3n) is 4.11. The molecule has 0 saturated heterocycles. The summed E-state index contributed by atoms with van der Waals surface area (Å²) in [6.45, 7) is 7.91. The van der Waals surface area contributed by atoms with Gasteiger partial charge in [0.05, 0.1) is 6.04 Å². The molecule has 3 heteroatoms. The van der Waals surface area contributed by atoms with Crippen LogP contribution in [0.4, 0.5) is 0 Å². The first-order valence-electron chi connectivity index (χ1n) is 7.54. The largest absolute Gasteiger partial charge is 0.326 e. The SMILES string of the molecule is CCC(N)C(c1ccncc1)N(CC1CC1)C(C)C. The lowest BCUT2D eigenvalue weighted by Crippen LogP contribution is -2.45. The smallest absolute Gasteiger partial charge is 0.0502 e. The molecule has 1 saturated carbocycles. The summed E-state index contributed by atoms with van der Waals surface area (Å²) in [5.74, 6) is 0.885. The highest BCUT2D eigenvalue weighted by atomic mass is 15.2. The highest BCUT2D eigenvalue weighted by Crippen LogP contribution is 2.35. The Kier molecular flexibility index (Phi) is 4.94. The first kappa shape index (κ1) is 14.5. The zero-order chi connectivity index (χ0) is 13.8. The van der Waals surface area contributed by atoms with Crippen LogP contribution in [0.25, 0.3) is 0 Å². The molecule has 0 radical (unpaired) electrons. The van der Waals surface area contributed by atoms with Gasteiger partial charge in [0.25, 0.3) is 0 Å². The van der Waals surface area contributed by atoms with Crippen molar-refractivity contribution in [3.63, 3.8) is 0 Å². The molecule has 2 rings (SSSR count). The van der Waals surface area contributed by atoms with Crippen molar-refractivity contribution in [3.8, 4) is 0 Å². The molecule has 1 aromatic heterocycles. The van der Waals surface area contributed by atoms with Crippen molar-refractivity contribution in [2.24, 2.45) is 11.7 Å². The topological polar surface area (TPSA) is 42.1 Å². The van der Waals surface area contributed by atoms with Crippen LogP contribution in [0, 0.1) is 5.92 Å². The molecule has 0 aliphatic heterocycles. The van der Waals surface area contributed by atoms with Gasteiger partial charge in [-0.1, -0.05) is 6.92 Å². The Morgan fingerprint density at radius 1 is 1.32 bits per heavy atom. The van der Waals surface area contributed by atoms with Gasteiger partial charge < -0.3 is 5.73 Å². The van der Waals surface area contributed by atoms with Gasteiger partial charge in [-0.25, -0.2) is 0 Å². The summed E-state index contributed by atoms with van der Waals surface area (Å²) in [6, 6.07) is 5.25. The predicted octanol–water partition coefficient (Wildman–Crippen LogP) is 2.98. The number of hydrogen-bond acceptors (Lipinski definition) is 3. The zero-order valence-electron chi connectivity index (χ0n) is 12.4. The first-order chi connectivity index (χ1) is 9.13. The van der Waals surface area contributed by atoms with Crippen LogP contribution in [0.15, 0.2) is 24.5 Å². The molecule has 1 aliphatic rings. The fourth-order valence-corrected chi connectivity index (χ4v) is 2.71. The normalized spacial score (nSPS) is 18.8. The molecule has 106 valence electrons. The second-order valence-corrected chi connectivity index (χ2v) is 6.03. The molecule has 2 atom stereocenters. The van der Waals surface area contributed by atoms with Crippen LogP contribution in [-0.2, 0) is 0 Å². The molecule has 0 amide bonds. The fraction of sp³-hybridized carbons (Fsp3) is 0.688. The minimum atomic E-state index is 0.184. The second kappa shape index (κ2) is 6.49. The van der Waals surface area contributed by atoms with E-state index in [2.05, 4.69) is 42.8 Å². The fourth-order valence-electron chi connectivity index (χ4n) is 2.71. The van der Waals surface area contributed by atoms with Crippen molar-refractivity contribution in [2.45, 2.75) is 58.2 Å². The summed E-state index contributed by atoms with van der Waals surface area (Å²) in [5.41, 5.74) is 7.73. The maximum Gasteiger partial charge on any atom is 0.0502 e. The Labute approximate surface area is 117 Å². The van der Waals surface area contributed by atoms with Gasteiger partial charge in [0, 0.05) is 31.0 Å². The molecule has 0 aromatic carbocycles.